The smallest absolute Gasteiger partial charge is 0.376 e. The first-order chi connectivity index (χ1) is 14.0. The van der Waals surface area contributed by atoms with Crippen LogP contribution >= 0.6 is 0 Å². The highest BCUT2D eigenvalue weighted by molar-refractivity contribution is 6.38. The fourth-order valence-corrected chi connectivity index (χ4v) is 3.23. The van der Waals surface area contributed by atoms with Crippen molar-refractivity contribution in [1.29, 1.82) is 0 Å². The van der Waals surface area contributed by atoms with E-state index in [0.29, 0.717) is 18.0 Å². The summed E-state index contributed by atoms with van der Waals surface area (Å²) in [6.45, 7) is 0.612. The minimum atomic E-state index is -1.70. The molecule has 0 radical (unpaired) electrons. The molecule has 0 spiro atoms. The lowest BCUT2D eigenvalue weighted by atomic mass is 10.1. The number of aryl methyl sites for hydroxylation is 2. The van der Waals surface area contributed by atoms with Crippen LogP contribution in [0.2, 0.25) is 0 Å². The lowest BCUT2D eigenvalue weighted by Gasteiger charge is -2.13. The molecule has 2 N–H and O–H groups in total. The van der Waals surface area contributed by atoms with Gasteiger partial charge in [0.15, 0.2) is 5.43 Å². The van der Waals surface area contributed by atoms with Gasteiger partial charge in [0.25, 0.3) is 5.78 Å². The molecule has 0 fully saturated rings. The first kappa shape index (κ1) is 20.1. The third-order valence-corrected chi connectivity index (χ3v) is 4.70. The van der Waals surface area contributed by atoms with Crippen molar-refractivity contribution in [3.8, 4) is 0 Å². The fourth-order valence-electron chi connectivity index (χ4n) is 3.23. The molecule has 3 aromatic rings. The first-order valence-electron chi connectivity index (χ1n) is 9.32. The van der Waals surface area contributed by atoms with Gasteiger partial charge in [0, 0.05) is 24.2 Å². The van der Waals surface area contributed by atoms with Crippen LogP contribution in [-0.2, 0) is 22.6 Å². The summed E-state index contributed by atoms with van der Waals surface area (Å²) in [4.78, 5) is 34.8. The summed E-state index contributed by atoms with van der Waals surface area (Å²) in [6, 6.07) is 17.2. The molecule has 0 aliphatic rings. The molecule has 0 saturated carbocycles. The lowest BCUT2D eigenvalue weighted by Crippen LogP contribution is -2.16. The van der Waals surface area contributed by atoms with Crippen LogP contribution < -0.4 is 5.43 Å². The third kappa shape index (κ3) is 4.79. The number of benzene rings is 2. The third-order valence-electron chi connectivity index (χ3n) is 4.70. The Morgan fingerprint density at radius 3 is 2.34 bits per heavy atom. The average molecular weight is 391 g/mol. The quantitative estimate of drug-likeness (QED) is 0.265. The summed E-state index contributed by atoms with van der Waals surface area (Å²) in [6.07, 6.45) is 4.77. The SMILES string of the molecule is O=C(O)C(=O)C=C(O)c1cn(CCCCc2ccccc2)c2ccccc2c1=O. The van der Waals surface area contributed by atoms with E-state index in [1.165, 1.54) is 11.8 Å². The normalized spacial score (nSPS) is 11.5. The van der Waals surface area contributed by atoms with Crippen molar-refractivity contribution in [3.63, 3.8) is 0 Å². The van der Waals surface area contributed by atoms with Crippen LogP contribution in [0, 0.1) is 0 Å². The van der Waals surface area contributed by atoms with Gasteiger partial charge in [-0.1, -0.05) is 42.5 Å². The van der Waals surface area contributed by atoms with Gasteiger partial charge in [0.2, 0.25) is 0 Å². The average Bonchev–Trinajstić information content (AvgIpc) is 2.73. The summed E-state index contributed by atoms with van der Waals surface area (Å²) in [5.41, 5.74) is 1.43. The van der Waals surface area contributed by atoms with E-state index in [9.17, 15) is 19.5 Å². The van der Waals surface area contributed by atoms with Crippen molar-refractivity contribution in [1.82, 2.24) is 4.57 Å². The van der Waals surface area contributed by atoms with Gasteiger partial charge in [-0.15, -0.1) is 0 Å². The van der Waals surface area contributed by atoms with Crippen LogP contribution in [0.3, 0.4) is 0 Å². The number of carbonyl (C=O) groups excluding carboxylic acids is 1. The molecule has 6 nitrogen and oxygen atoms in total. The Morgan fingerprint density at radius 1 is 0.931 bits per heavy atom. The van der Waals surface area contributed by atoms with E-state index in [-0.39, 0.29) is 5.56 Å². The number of rotatable bonds is 8. The number of aromatic nitrogens is 1. The Bertz CT molecular complexity index is 1130. The summed E-state index contributed by atoms with van der Waals surface area (Å²) >= 11 is 0. The number of aliphatic hydroxyl groups is 1. The highest BCUT2D eigenvalue weighted by Crippen LogP contribution is 2.17. The van der Waals surface area contributed by atoms with Gasteiger partial charge in [0.05, 0.1) is 11.1 Å². The van der Waals surface area contributed by atoms with Crippen LogP contribution in [0.4, 0.5) is 0 Å². The summed E-state index contributed by atoms with van der Waals surface area (Å²) in [5, 5.41) is 19.3. The Hall–Kier alpha value is -3.67. The number of fused-ring (bicyclic) bond motifs is 1. The van der Waals surface area contributed by atoms with E-state index in [1.54, 1.807) is 12.1 Å². The van der Waals surface area contributed by atoms with E-state index in [2.05, 4.69) is 12.1 Å². The molecule has 0 aliphatic carbocycles. The van der Waals surface area contributed by atoms with E-state index in [4.69, 9.17) is 5.11 Å². The molecule has 0 unspecified atom stereocenters. The molecule has 1 aromatic heterocycles. The van der Waals surface area contributed by atoms with Crippen molar-refractivity contribution in [2.75, 3.05) is 0 Å². The number of unbranched alkanes of at least 4 members (excludes halogenated alkanes) is 1. The Kier molecular flexibility index (Phi) is 6.24. The Labute approximate surface area is 167 Å². The molecule has 148 valence electrons. The molecule has 0 bridgehead atoms. The maximum absolute atomic E-state index is 12.7. The van der Waals surface area contributed by atoms with Gasteiger partial charge in [-0.05, 0) is 37.0 Å². The van der Waals surface area contributed by atoms with Crippen LogP contribution in [0.15, 0.2) is 71.7 Å². The van der Waals surface area contributed by atoms with Gasteiger partial charge < -0.3 is 14.8 Å². The molecule has 0 saturated heterocycles. The van der Waals surface area contributed by atoms with Gasteiger partial charge in [-0.3, -0.25) is 9.59 Å². The number of pyridine rings is 1. The highest BCUT2D eigenvalue weighted by Gasteiger charge is 2.15. The number of ketones is 1. The number of carboxylic acids is 1. The number of hydrogen-bond acceptors (Lipinski definition) is 4. The number of para-hydroxylation sites is 1. The van der Waals surface area contributed by atoms with Gasteiger partial charge in [-0.2, -0.15) is 0 Å². The predicted octanol–water partition coefficient (Wildman–Crippen LogP) is 3.58. The molecule has 3 rings (SSSR count). The van der Waals surface area contributed by atoms with E-state index >= 15 is 0 Å². The van der Waals surface area contributed by atoms with Crippen molar-refractivity contribution < 1.29 is 19.8 Å². The number of hydrogen-bond donors (Lipinski definition) is 2. The van der Waals surface area contributed by atoms with Crippen LogP contribution in [0.5, 0.6) is 0 Å². The topological polar surface area (TPSA) is 96.6 Å². The molecule has 1 heterocycles. The van der Waals surface area contributed by atoms with Crippen LogP contribution in [0.1, 0.15) is 24.0 Å². The Morgan fingerprint density at radius 2 is 1.62 bits per heavy atom. The molecule has 0 atom stereocenters. The van der Waals surface area contributed by atoms with Crippen molar-refractivity contribution in [3.05, 3.63) is 88.2 Å². The van der Waals surface area contributed by atoms with Gasteiger partial charge in [0.1, 0.15) is 5.76 Å². The lowest BCUT2D eigenvalue weighted by molar-refractivity contribution is -0.146. The molecule has 2 aromatic carbocycles. The Balaban J connectivity index is 1.88. The molecule has 0 amide bonds. The maximum atomic E-state index is 12.7. The minimum Gasteiger partial charge on any atom is -0.507 e. The fraction of sp³-hybridized carbons (Fsp3) is 0.174. The standard InChI is InChI=1S/C23H21NO5/c25-20(14-21(26)23(28)29)18-15-24(19-12-5-4-11-17(19)22(18)27)13-7-6-10-16-8-2-1-3-9-16/h1-5,8-9,11-12,14-15,25H,6-7,10,13H2,(H,28,29). The van der Waals surface area contributed by atoms with E-state index in [0.717, 1.165) is 24.8 Å². The second kappa shape index (κ2) is 9.01. The minimum absolute atomic E-state index is 0.0960. The maximum Gasteiger partial charge on any atom is 0.376 e. The number of aliphatic carboxylic acids is 1. The predicted molar refractivity (Wildman–Crippen MR) is 111 cm³/mol. The van der Waals surface area contributed by atoms with Crippen LogP contribution in [0.25, 0.3) is 16.7 Å². The number of nitrogens with zero attached hydrogens (tertiary/aromatic N) is 1. The first-order valence-corrected chi connectivity index (χ1v) is 9.32. The number of carboxylic acid groups (broad SMARTS) is 1. The zero-order valence-corrected chi connectivity index (χ0v) is 15.7. The summed E-state index contributed by atoms with van der Waals surface area (Å²) < 4.78 is 1.85. The summed E-state index contributed by atoms with van der Waals surface area (Å²) in [5.74, 6) is -3.63. The van der Waals surface area contributed by atoms with E-state index < -0.39 is 22.9 Å². The van der Waals surface area contributed by atoms with Crippen molar-refractivity contribution in [2.45, 2.75) is 25.8 Å². The second-order valence-corrected chi connectivity index (χ2v) is 6.72. The molecular weight excluding hydrogens is 370 g/mol. The summed E-state index contributed by atoms with van der Waals surface area (Å²) in [7, 11) is 0. The highest BCUT2D eigenvalue weighted by atomic mass is 16.4. The van der Waals surface area contributed by atoms with Crippen molar-refractivity contribution >= 4 is 28.4 Å². The van der Waals surface area contributed by atoms with Crippen molar-refractivity contribution in [2.24, 2.45) is 0 Å². The molecule has 29 heavy (non-hydrogen) atoms. The second-order valence-electron chi connectivity index (χ2n) is 6.72. The van der Waals surface area contributed by atoms with Gasteiger partial charge in [-0.25, -0.2) is 4.79 Å². The number of aliphatic hydroxyl groups excluding tert-OH is 1. The molecule has 6 heteroatoms. The van der Waals surface area contributed by atoms with Crippen LogP contribution in [-0.4, -0.2) is 26.5 Å². The van der Waals surface area contributed by atoms with Gasteiger partial charge >= 0.3 is 5.97 Å². The molecular formula is C23H21NO5. The largest absolute Gasteiger partial charge is 0.507 e. The monoisotopic (exact) mass is 391 g/mol. The zero-order valence-electron chi connectivity index (χ0n) is 15.7. The number of carbonyl (C=O) groups is 2. The zero-order chi connectivity index (χ0) is 20.8. The molecule has 0 aliphatic heterocycles. The van der Waals surface area contributed by atoms with E-state index in [1.807, 2.05) is 34.9 Å².